The van der Waals surface area contributed by atoms with Crippen molar-refractivity contribution < 1.29 is 13.5 Å². The van der Waals surface area contributed by atoms with Gasteiger partial charge in [0.2, 0.25) is 0 Å². The van der Waals surface area contributed by atoms with Crippen molar-refractivity contribution in [3.05, 3.63) is 24.3 Å². The van der Waals surface area contributed by atoms with E-state index in [-0.39, 0.29) is 11.9 Å². The number of sulfone groups is 1. The number of nitrogens with one attached hydrogen (secondary N) is 1. The lowest BCUT2D eigenvalue weighted by molar-refractivity contribution is 0.145. The highest BCUT2D eigenvalue weighted by Gasteiger charge is 2.18. The fourth-order valence-corrected chi connectivity index (χ4v) is 3.23. The van der Waals surface area contributed by atoms with E-state index in [1.807, 2.05) is 18.2 Å². The van der Waals surface area contributed by atoms with Crippen LogP contribution in [0.5, 0.6) is 0 Å². The molecule has 0 spiro atoms. The van der Waals surface area contributed by atoms with Crippen molar-refractivity contribution in [1.82, 2.24) is 0 Å². The molecule has 0 amide bonds. The molecule has 1 fully saturated rings. The van der Waals surface area contributed by atoms with E-state index in [1.165, 1.54) is 6.26 Å². The first-order valence-corrected chi connectivity index (χ1v) is 9.45. The summed E-state index contributed by atoms with van der Waals surface area (Å²) in [5.74, 6) is 0.206. The zero-order chi connectivity index (χ0) is 15.3. The molecule has 6 heteroatoms. The Morgan fingerprint density at radius 2 is 1.95 bits per heavy atom. The Hall–Kier alpha value is -1.27. The molecule has 0 aliphatic carbocycles. The van der Waals surface area contributed by atoms with Crippen molar-refractivity contribution in [3.63, 3.8) is 0 Å². The molecule has 0 bridgehead atoms. The maximum absolute atomic E-state index is 11.1. The normalized spacial score (nSPS) is 17.0. The quantitative estimate of drug-likeness (QED) is 0.779. The van der Waals surface area contributed by atoms with Crippen molar-refractivity contribution in [1.29, 1.82) is 0 Å². The van der Waals surface area contributed by atoms with Crippen molar-refractivity contribution in [2.75, 3.05) is 41.9 Å². The summed E-state index contributed by atoms with van der Waals surface area (Å²) < 4.78 is 22.3. The van der Waals surface area contributed by atoms with Crippen LogP contribution in [0.3, 0.4) is 0 Å². The molecule has 0 atom stereocenters. The minimum atomic E-state index is -2.89. The number of rotatable bonds is 6. The van der Waals surface area contributed by atoms with Crippen molar-refractivity contribution in [2.24, 2.45) is 0 Å². The van der Waals surface area contributed by atoms with Gasteiger partial charge in [-0.15, -0.1) is 0 Å². The minimum Gasteiger partial charge on any atom is -0.393 e. The first kappa shape index (κ1) is 16.1. The van der Waals surface area contributed by atoms with Gasteiger partial charge in [-0.05, 0) is 31.4 Å². The van der Waals surface area contributed by atoms with Crippen LogP contribution in [-0.2, 0) is 9.84 Å². The molecule has 0 radical (unpaired) electrons. The summed E-state index contributed by atoms with van der Waals surface area (Å²) in [7, 11) is -2.89. The van der Waals surface area contributed by atoms with Gasteiger partial charge in [-0.1, -0.05) is 12.1 Å². The zero-order valence-corrected chi connectivity index (χ0v) is 13.3. The summed E-state index contributed by atoms with van der Waals surface area (Å²) in [4.78, 5) is 2.27. The van der Waals surface area contributed by atoms with Crippen LogP contribution in [0.15, 0.2) is 24.3 Å². The monoisotopic (exact) mass is 312 g/mol. The summed E-state index contributed by atoms with van der Waals surface area (Å²) in [6.45, 7) is 2.34. The molecule has 2 N–H and O–H groups in total. The molecule has 1 aliphatic heterocycles. The Kier molecular flexibility index (Phi) is 5.47. The Labute approximate surface area is 126 Å². The molecule has 1 aromatic carbocycles. The summed E-state index contributed by atoms with van der Waals surface area (Å²) in [5, 5.41) is 12.9. The fraction of sp³-hybridized carbons (Fsp3) is 0.600. The molecule has 1 saturated heterocycles. The van der Waals surface area contributed by atoms with Crippen LogP contribution in [0, 0.1) is 0 Å². The van der Waals surface area contributed by atoms with Crippen LogP contribution >= 0.6 is 0 Å². The van der Waals surface area contributed by atoms with Crippen LogP contribution in [-0.4, -0.2) is 51.3 Å². The average molecular weight is 312 g/mol. The number of nitrogens with zero attached hydrogens (tertiary/aromatic N) is 1. The predicted molar refractivity (Wildman–Crippen MR) is 86.7 cm³/mol. The third-order valence-electron chi connectivity index (χ3n) is 3.72. The van der Waals surface area contributed by atoms with E-state index < -0.39 is 9.84 Å². The van der Waals surface area contributed by atoms with E-state index >= 15 is 0 Å². The lowest BCUT2D eigenvalue weighted by atomic mass is 10.1. The van der Waals surface area contributed by atoms with Crippen molar-refractivity contribution >= 4 is 21.2 Å². The summed E-state index contributed by atoms with van der Waals surface area (Å²) in [6, 6.07) is 8.06. The smallest absolute Gasteiger partial charge is 0.147 e. The second kappa shape index (κ2) is 7.13. The largest absolute Gasteiger partial charge is 0.393 e. The second-order valence-corrected chi connectivity index (χ2v) is 7.91. The van der Waals surface area contributed by atoms with Gasteiger partial charge in [-0.3, -0.25) is 0 Å². The van der Waals surface area contributed by atoms with E-state index in [1.54, 1.807) is 0 Å². The van der Waals surface area contributed by atoms with E-state index in [2.05, 4.69) is 16.3 Å². The fourth-order valence-electron chi connectivity index (χ4n) is 2.56. The van der Waals surface area contributed by atoms with Gasteiger partial charge in [0.05, 0.1) is 23.2 Å². The van der Waals surface area contributed by atoms with Crippen LogP contribution in [0.1, 0.15) is 19.3 Å². The van der Waals surface area contributed by atoms with Gasteiger partial charge >= 0.3 is 0 Å². The highest BCUT2D eigenvalue weighted by atomic mass is 32.2. The molecule has 5 nitrogen and oxygen atoms in total. The van der Waals surface area contributed by atoms with Crippen molar-refractivity contribution in [3.8, 4) is 0 Å². The van der Waals surface area contributed by atoms with E-state index in [4.69, 9.17) is 0 Å². The van der Waals surface area contributed by atoms with Gasteiger partial charge in [0.1, 0.15) is 9.84 Å². The minimum absolute atomic E-state index is 0.184. The van der Waals surface area contributed by atoms with Gasteiger partial charge in [0.15, 0.2) is 0 Å². The first-order chi connectivity index (χ1) is 9.96. The third-order valence-corrected chi connectivity index (χ3v) is 4.75. The number of benzene rings is 1. The number of hydrogen-bond acceptors (Lipinski definition) is 5. The third kappa shape index (κ3) is 5.21. The molecule has 2 rings (SSSR count). The molecule has 0 unspecified atom stereocenters. The maximum atomic E-state index is 11.1. The number of piperidine rings is 1. The lowest BCUT2D eigenvalue weighted by Crippen LogP contribution is -2.36. The summed E-state index contributed by atoms with van der Waals surface area (Å²) >= 11 is 0. The SMILES string of the molecule is CS(=O)(=O)CCCNc1ccccc1N1CCC(O)CC1. The number of anilines is 2. The molecule has 118 valence electrons. The molecule has 1 heterocycles. The van der Waals surface area contributed by atoms with Crippen LogP contribution < -0.4 is 10.2 Å². The molecular weight excluding hydrogens is 288 g/mol. The topological polar surface area (TPSA) is 69.6 Å². The summed E-state index contributed by atoms with van der Waals surface area (Å²) in [6.07, 6.45) is 3.27. The van der Waals surface area contributed by atoms with E-state index in [0.29, 0.717) is 13.0 Å². The number of aliphatic hydroxyl groups is 1. The second-order valence-electron chi connectivity index (χ2n) is 5.65. The Morgan fingerprint density at radius 3 is 2.62 bits per heavy atom. The van der Waals surface area contributed by atoms with Crippen LogP contribution in [0.2, 0.25) is 0 Å². The van der Waals surface area contributed by atoms with Gasteiger partial charge in [0, 0.05) is 25.9 Å². The molecule has 1 aliphatic rings. The average Bonchev–Trinajstić information content (AvgIpc) is 2.44. The van der Waals surface area contributed by atoms with Crippen molar-refractivity contribution in [2.45, 2.75) is 25.4 Å². The standard InChI is InChI=1S/C15H24N2O3S/c1-21(19,20)12-4-9-16-14-5-2-3-6-15(14)17-10-7-13(18)8-11-17/h2-3,5-6,13,16,18H,4,7-12H2,1H3. The van der Waals surface area contributed by atoms with Crippen LogP contribution in [0.25, 0.3) is 0 Å². The molecule has 0 aromatic heterocycles. The summed E-state index contributed by atoms with van der Waals surface area (Å²) in [5.41, 5.74) is 2.16. The predicted octanol–water partition coefficient (Wildman–Crippen LogP) is 1.49. The Bertz CT molecular complexity index is 552. The number of para-hydroxylation sites is 2. The van der Waals surface area contributed by atoms with Gasteiger partial charge in [-0.25, -0.2) is 8.42 Å². The molecular formula is C15H24N2O3S. The highest BCUT2D eigenvalue weighted by molar-refractivity contribution is 7.90. The Morgan fingerprint density at radius 1 is 1.29 bits per heavy atom. The molecule has 21 heavy (non-hydrogen) atoms. The Balaban J connectivity index is 1.94. The van der Waals surface area contributed by atoms with Gasteiger partial charge in [0.25, 0.3) is 0 Å². The molecule has 1 aromatic rings. The van der Waals surface area contributed by atoms with Gasteiger partial charge < -0.3 is 15.3 Å². The molecule has 0 saturated carbocycles. The van der Waals surface area contributed by atoms with E-state index in [0.717, 1.165) is 37.3 Å². The van der Waals surface area contributed by atoms with Gasteiger partial charge in [-0.2, -0.15) is 0 Å². The lowest BCUT2D eigenvalue weighted by Gasteiger charge is -2.33. The maximum Gasteiger partial charge on any atom is 0.147 e. The van der Waals surface area contributed by atoms with E-state index in [9.17, 15) is 13.5 Å². The zero-order valence-electron chi connectivity index (χ0n) is 12.5. The highest BCUT2D eigenvalue weighted by Crippen LogP contribution is 2.28. The van der Waals surface area contributed by atoms with Crippen LogP contribution in [0.4, 0.5) is 11.4 Å². The first-order valence-electron chi connectivity index (χ1n) is 7.39. The number of hydrogen-bond donors (Lipinski definition) is 2. The number of aliphatic hydroxyl groups excluding tert-OH is 1.